The average molecular weight is 391 g/mol. The molecule has 4 rings (SSSR count). The number of fused-ring (bicyclic) bond motifs is 1. The maximum atomic E-state index is 12.6. The lowest BCUT2D eigenvalue weighted by atomic mass is 10.3. The van der Waals surface area contributed by atoms with Crippen LogP contribution >= 0.6 is 11.7 Å². The lowest BCUT2D eigenvalue weighted by Gasteiger charge is -2.27. The topological polar surface area (TPSA) is 97.3 Å². The van der Waals surface area contributed by atoms with Gasteiger partial charge in [-0.1, -0.05) is 12.1 Å². The molecular formula is C16H17N5O3S2. The fourth-order valence-electron chi connectivity index (χ4n) is 2.76. The molecule has 10 heteroatoms. The summed E-state index contributed by atoms with van der Waals surface area (Å²) in [6.45, 7) is 3.17. The summed E-state index contributed by atoms with van der Waals surface area (Å²) in [5, 5.41) is 0. The molecule has 0 unspecified atom stereocenters. The van der Waals surface area contributed by atoms with Crippen LogP contribution in [-0.4, -0.2) is 48.5 Å². The number of anilines is 1. The number of aromatic nitrogens is 3. The Balaban J connectivity index is 1.47. The van der Waals surface area contributed by atoms with E-state index in [0.717, 1.165) is 36.2 Å². The first-order chi connectivity index (χ1) is 12.6. The van der Waals surface area contributed by atoms with Crippen LogP contribution in [0.1, 0.15) is 5.56 Å². The molecule has 0 radical (unpaired) electrons. The largest absolute Gasteiger partial charge is 0.378 e. The third kappa shape index (κ3) is 3.54. The molecule has 1 aliphatic rings. The van der Waals surface area contributed by atoms with E-state index in [1.807, 2.05) is 12.1 Å². The van der Waals surface area contributed by atoms with Crippen molar-refractivity contribution >= 4 is 38.6 Å². The van der Waals surface area contributed by atoms with Crippen LogP contribution < -0.4 is 9.62 Å². The molecule has 1 aliphatic heterocycles. The van der Waals surface area contributed by atoms with Crippen LogP contribution in [-0.2, 0) is 21.3 Å². The molecule has 0 atom stereocenters. The number of ether oxygens (including phenoxy) is 1. The van der Waals surface area contributed by atoms with Crippen LogP contribution in [0.15, 0.2) is 41.4 Å². The zero-order valence-electron chi connectivity index (χ0n) is 13.8. The highest BCUT2D eigenvalue weighted by Gasteiger charge is 2.19. The number of sulfonamides is 1. The summed E-state index contributed by atoms with van der Waals surface area (Å²) in [5.74, 6) is 0.873. The van der Waals surface area contributed by atoms with Crippen LogP contribution in [0.5, 0.6) is 0 Å². The van der Waals surface area contributed by atoms with Crippen LogP contribution in [0.4, 0.5) is 5.82 Å². The molecule has 0 saturated carbocycles. The number of hydrogen-bond acceptors (Lipinski definition) is 8. The molecular weight excluding hydrogens is 374 g/mol. The maximum Gasteiger partial charge on any atom is 0.243 e. The highest BCUT2D eigenvalue weighted by Crippen LogP contribution is 2.21. The minimum atomic E-state index is -3.69. The summed E-state index contributed by atoms with van der Waals surface area (Å²) in [7, 11) is -3.69. The van der Waals surface area contributed by atoms with Crippen LogP contribution in [0.25, 0.3) is 11.0 Å². The van der Waals surface area contributed by atoms with Crippen molar-refractivity contribution in [2.75, 3.05) is 31.2 Å². The summed E-state index contributed by atoms with van der Waals surface area (Å²) >= 11 is 0.997. The number of hydrogen-bond donors (Lipinski definition) is 1. The second kappa shape index (κ2) is 7.23. The summed E-state index contributed by atoms with van der Waals surface area (Å²) in [6, 6.07) is 8.72. The Morgan fingerprint density at radius 1 is 1.15 bits per heavy atom. The Bertz CT molecular complexity index is 998. The van der Waals surface area contributed by atoms with Gasteiger partial charge in [-0.15, -0.1) is 0 Å². The predicted octanol–water partition coefficient (Wildman–Crippen LogP) is 1.40. The predicted molar refractivity (Wildman–Crippen MR) is 98.7 cm³/mol. The Morgan fingerprint density at radius 2 is 2.00 bits per heavy atom. The first kappa shape index (κ1) is 17.3. The second-order valence-corrected chi connectivity index (χ2v) is 8.10. The van der Waals surface area contributed by atoms with Gasteiger partial charge < -0.3 is 9.64 Å². The van der Waals surface area contributed by atoms with Crippen molar-refractivity contribution in [2.45, 2.75) is 11.4 Å². The lowest BCUT2D eigenvalue weighted by Crippen LogP contribution is -2.36. The maximum absolute atomic E-state index is 12.6. The van der Waals surface area contributed by atoms with Crippen molar-refractivity contribution < 1.29 is 13.2 Å². The normalized spacial score (nSPS) is 15.5. The average Bonchev–Trinajstić information content (AvgIpc) is 3.16. The number of nitrogens with one attached hydrogen (secondary N) is 1. The summed E-state index contributed by atoms with van der Waals surface area (Å²) in [5.41, 5.74) is 1.76. The Labute approximate surface area is 155 Å². The van der Waals surface area contributed by atoms with Crippen molar-refractivity contribution in [2.24, 2.45) is 0 Å². The van der Waals surface area contributed by atoms with Gasteiger partial charge in [0.15, 0.2) is 0 Å². The number of nitrogens with zero attached hydrogens (tertiary/aromatic N) is 4. The third-order valence-corrected chi connectivity index (χ3v) is 6.12. The van der Waals surface area contributed by atoms with Crippen molar-refractivity contribution in [3.05, 3.63) is 42.1 Å². The highest BCUT2D eigenvalue weighted by atomic mass is 32.2. The van der Waals surface area contributed by atoms with Gasteiger partial charge in [0.25, 0.3) is 0 Å². The van der Waals surface area contributed by atoms with E-state index in [1.54, 1.807) is 18.3 Å². The molecule has 8 nitrogen and oxygen atoms in total. The van der Waals surface area contributed by atoms with E-state index in [-0.39, 0.29) is 11.4 Å². The number of benzene rings is 1. The van der Waals surface area contributed by atoms with Gasteiger partial charge >= 0.3 is 0 Å². The molecule has 3 aromatic rings. The monoisotopic (exact) mass is 391 g/mol. The van der Waals surface area contributed by atoms with Crippen molar-refractivity contribution in [3.63, 3.8) is 0 Å². The van der Waals surface area contributed by atoms with E-state index in [2.05, 4.69) is 23.4 Å². The number of rotatable bonds is 5. The molecule has 0 bridgehead atoms. The Hall–Kier alpha value is -2.14. The summed E-state index contributed by atoms with van der Waals surface area (Å²) in [4.78, 5) is 6.72. The molecule has 0 aliphatic carbocycles. The Morgan fingerprint density at radius 3 is 2.77 bits per heavy atom. The van der Waals surface area contributed by atoms with Crippen molar-refractivity contribution in [3.8, 4) is 0 Å². The van der Waals surface area contributed by atoms with Gasteiger partial charge in [-0.3, -0.25) is 0 Å². The first-order valence-corrected chi connectivity index (χ1v) is 10.3. The van der Waals surface area contributed by atoms with Gasteiger partial charge in [0, 0.05) is 25.8 Å². The quantitative estimate of drug-likeness (QED) is 0.702. The van der Waals surface area contributed by atoms with E-state index >= 15 is 0 Å². The molecule has 26 heavy (non-hydrogen) atoms. The minimum absolute atomic E-state index is 0.140. The molecule has 1 saturated heterocycles. The van der Waals surface area contributed by atoms with Crippen molar-refractivity contribution in [1.29, 1.82) is 0 Å². The van der Waals surface area contributed by atoms with Crippen LogP contribution in [0.3, 0.4) is 0 Å². The van der Waals surface area contributed by atoms with Gasteiger partial charge in [-0.25, -0.2) is 18.1 Å². The molecule has 1 N–H and O–H groups in total. The zero-order valence-corrected chi connectivity index (χ0v) is 15.5. The van der Waals surface area contributed by atoms with E-state index in [9.17, 15) is 8.42 Å². The molecule has 1 aromatic carbocycles. The standard InChI is InChI=1S/C16H17N5O3S2/c22-26(23,14-3-1-2-13-16(14)20-25-19-13)18-11-12-4-5-15(17-10-12)21-6-8-24-9-7-21/h1-5,10,18H,6-9,11H2. The van der Waals surface area contributed by atoms with Crippen LogP contribution in [0, 0.1) is 0 Å². The van der Waals surface area contributed by atoms with E-state index in [4.69, 9.17) is 4.74 Å². The summed E-state index contributed by atoms with van der Waals surface area (Å²) in [6.07, 6.45) is 1.69. The zero-order chi connectivity index (χ0) is 18.0. The number of morpholine rings is 1. The molecule has 0 spiro atoms. The highest BCUT2D eigenvalue weighted by molar-refractivity contribution is 7.89. The van der Waals surface area contributed by atoms with Crippen LogP contribution in [0.2, 0.25) is 0 Å². The third-order valence-electron chi connectivity index (χ3n) is 4.15. The van der Waals surface area contributed by atoms with Gasteiger partial charge in [-0.2, -0.15) is 8.75 Å². The van der Waals surface area contributed by atoms with E-state index in [0.29, 0.717) is 24.2 Å². The fourth-order valence-corrected chi connectivity index (χ4v) is 4.54. The molecule has 3 heterocycles. The van der Waals surface area contributed by atoms with E-state index < -0.39 is 10.0 Å². The fraction of sp³-hybridized carbons (Fsp3) is 0.312. The summed E-state index contributed by atoms with van der Waals surface area (Å²) < 4.78 is 41.3. The van der Waals surface area contributed by atoms with Gasteiger partial charge in [-0.05, 0) is 23.8 Å². The molecule has 0 amide bonds. The van der Waals surface area contributed by atoms with Gasteiger partial charge in [0.05, 0.1) is 24.9 Å². The van der Waals surface area contributed by atoms with Gasteiger partial charge in [0.2, 0.25) is 10.0 Å². The number of pyridine rings is 1. The first-order valence-electron chi connectivity index (χ1n) is 8.12. The SMILES string of the molecule is O=S(=O)(NCc1ccc(N2CCOCC2)nc1)c1cccc2nsnc12. The van der Waals surface area contributed by atoms with Crippen molar-refractivity contribution in [1.82, 2.24) is 18.5 Å². The molecule has 2 aromatic heterocycles. The smallest absolute Gasteiger partial charge is 0.243 e. The molecule has 136 valence electrons. The Kier molecular flexibility index (Phi) is 4.81. The van der Waals surface area contributed by atoms with E-state index in [1.165, 1.54) is 6.07 Å². The minimum Gasteiger partial charge on any atom is -0.378 e. The second-order valence-electron chi connectivity index (χ2n) is 5.84. The lowest BCUT2D eigenvalue weighted by molar-refractivity contribution is 0.122. The molecule has 1 fully saturated rings. The van der Waals surface area contributed by atoms with Gasteiger partial charge in [0.1, 0.15) is 21.7 Å².